The molecule has 0 saturated carbocycles. The lowest BCUT2D eigenvalue weighted by Crippen LogP contribution is -2.14. The van der Waals surface area contributed by atoms with Crippen LogP contribution in [0.15, 0.2) is 18.2 Å². The number of carbonyl (C=O) groups excluding carboxylic acids is 1. The van der Waals surface area contributed by atoms with Gasteiger partial charge in [-0.05, 0) is 36.3 Å². The third-order valence-corrected chi connectivity index (χ3v) is 3.93. The topological polar surface area (TPSA) is 75.6 Å². The highest BCUT2D eigenvalue weighted by Gasteiger charge is 2.08. The molecule has 1 aromatic rings. The standard InChI is InChI=1S/C15H20ClNO4S/c1-10(2)5-6-22-9-14(18)17-11-3-4-13(12(16)7-11)21-8-15(19)20/h3-4,7,10H,5-6,8-9H2,1-2H3,(H,17,18)(H,19,20). The number of ether oxygens (including phenoxy) is 1. The van der Waals surface area contributed by atoms with Crippen LogP contribution in [0, 0.1) is 5.92 Å². The average Bonchev–Trinajstić information content (AvgIpc) is 2.42. The first kappa shape index (κ1) is 18.6. The number of carboxylic acids is 1. The summed E-state index contributed by atoms with van der Waals surface area (Å²) in [5.41, 5.74) is 0.558. The van der Waals surface area contributed by atoms with Gasteiger partial charge in [-0.15, -0.1) is 0 Å². The predicted octanol–water partition coefficient (Wildman–Crippen LogP) is 3.52. The Kier molecular flexibility index (Phi) is 8.12. The Balaban J connectivity index is 2.44. The average molecular weight is 346 g/mol. The van der Waals surface area contributed by atoms with Gasteiger partial charge in [0.15, 0.2) is 6.61 Å². The van der Waals surface area contributed by atoms with Crippen molar-refractivity contribution in [3.8, 4) is 5.75 Å². The first-order chi connectivity index (χ1) is 10.4. The zero-order valence-corrected chi connectivity index (χ0v) is 14.2. The number of thioether (sulfide) groups is 1. The number of anilines is 1. The molecule has 0 atom stereocenters. The molecular formula is C15H20ClNO4S. The van der Waals surface area contributed by atoms with Crippen LogP contribution >= 0.6 is 23.4 Å². The fraction of sp³-hybridized carbons (Fsp3) is 0.467. The van der Waals surface area contributed by atoms with E-state index in [9.17, 15) is 9.59 Å². The molecule has 0 aliphatic carbocycles. The number of nitrogens with one attached hydrogen (secondary N) is 1. The summed E-state index contributed by atoms with van der Waals surface area (Å²) in [6.45, 7) is 3.84. The Morgan fingerprint density at radius 3 is 2.73 bits per heavy atom. The number of benzene rings is 1. The maximum absolute atomic E-state index is 11.8. The van der Waals surface area contributed by atoms with Crippen molar-refractivity contribution in [2.24, 2.45) is 5.92 Å². The molecule has 0 saturated heterocycles. The minimum atomic E-state index is -1.08. The van der Waals surface area contributed by atoms with Gasteiger partial charge in [0.05, 0.1) is 10.8 Å². The van der Waals surface area contributed by atoms with Gasteiger partial charge in [0.1, 0.15) is 5.75 Å². The molecule has 0 spiro atoms. The normalized spacial score (nSPS) is 10.5. The number of rotatable bonds is 9. The fourth-order valence-corrected chi connectivity index (χ4v) is 2.79. The molecule has 0 fully saturated rings. The molecule has 0 aromatic heterocycles. The van der Waals surface area contributed by atoms with Crippen molar-refractivity contribution in [1.29, 1.82) is 0 Å². The number of halogens is 1. The van der Waals surface area contributed by atoms with E-state index in [0.717, 1.165) is 12.2 Å². The highest BCUT2D eigenvalue weighted by atomic mass is 35.5. The van der Waals surface area contributed by atoms with Gasteiger partial charge in [0.2, 0.25) is 5.91 Å². The monoisotopic (exact) mass is 345 g/mol. The molecule has 0 unspecified atom stereocenters. The summed E-state index contributed by atoms with van der Waals surface area (Å²) in [4.78, 5) is 22.2. The quantitative estimate of drug-likeness (QED) is 0.670. The smallest absolute Gasteiger partial charge is 0.341 e. The van der Waals surface area contributed by atoms with Gasteiger partial charge in [-0.1, -0.05) is 25.4 Å². The minimum Gasteiger partial charge on any atom is -0.480 e. The van der Waals surface area contributed by atoms with E-state index in [4.69, 9.17) is 21.4 Å². The van der Waals surface area contributed by atoms with Crippen molar-refractivity contribution in [1.82, 2.24) is 0 Å². The van der Waals surface area contributed by atoms with Crippen LogP contribution < -0.4 is 10.1 Å². The first-order valence-corrected chi connectivity index (χ1v) is 8.43. The van der Waals surface area contributed by atoms with Gasteiger partial charge in [-0.2, -0.15) is 11.8 Å². The summed E-state index contributed by atoms with van der Waals surface area (Å²) in [6, 6.07) is 4.70. The second kappa shape index (κ2) is 9.58. The zero-order valence-electron chi connectivity index (χ0n) is 12.6. The van der Waals surface area contributed by atoms with Crippen molar-refractivity contribution in [3.05, 3.63) is 23.2 Å². The van der Waals surface area contributed by atoms with Crippen LogP contribution in [-0.2, 0) is 9.59 Å². The van der Waals surface area contributed by atoms with Gasteiger partial charge in [-0.3, -0.25) is 4.79 Å². The van der Waals surface area contributed by atoms with Crippen molar-refractivity contribution in [3.63, 3.8) is 0 Å². The number of carboxylic acid groups (broad SMARTS) is 1. The third-order valence-electron chi connectivity index (χ3n) is 2.64. The van der Waals surface area contributed by atoms with Crippen molar-refractivity contribution >= 4 is 40.9 Å². The van der Waals surface area contributed by atoms with Crippen LogP contribution in [-0.4, -0.2) is 35.1 Å². The van der Waals surface area contributed by atoms with Crippen LogP contribution in [0.2, 0.25) is 5.02 Å². The zero-order chi connectivity index (χ0) is 16.5. The lowest BCUT2D eigenvalue weighted by molar-refractivity contribution is -0.139. The van der Waals surface area contributed by atoms with Gasteiger partial charge in [0.25, 0.3) is 0 Å². The fourth-order valence-electron chi connectivity index (χ4n) is 1.52. The molecule has 1 rings (SSSR count). The number of hydrogen-bond acceptors (Lipinski definition) is 4. The van der Waals surface area contributed by atoms with E-state index in [1.54, 1.807) is 17.8 Å². The molecule has 0 aliphatic rings. The summed E-state index contributed by atoms with van der Waals surface area (Å²) >= 11 is 7.58. The van der Waals surface area contributed by atoms with E-state index < -0.39 is 12.6 Å². The van der Waals surface area contributed by atoms with E-state index in [1.807, 2.05) is 0 Å². The molecule has 0 radical (unpaired) electrons. The molecule has 1 aromatic carbocycles. The Morgan fingerprint density at radius 1 is 1.41 bits per heavy atom. The molecule has 7 heteroatoms. The van der Waals surface area contributed by atoms with E-state index in [1.165, 1.54) is 12.1 Å². The van der Waals surface area contributed by atoms with E-state index in [-0.39, 0.29) is 16.7 Å². The molecule has 122 valence electrons. The summed E-state index contributed by atoms with van der Waals surface area (Å²) in [5.74, 6) is 1.08. The Hall–Kier alpha value is -1.40. The second-order valence-corrected chi connectivity index (χ2v) is 6.62. The SMILES string of the molecule is CC(C)CCSCC(=O)Nc1ccc(OCC(=O)O)c(Cl)c1. The van der Waals surface area contributed by atoms with Crippen molar-refractivity contribution < 1.29 is 19.4 Å². The van der Waals surface area contributed by atoms with Crippen molar-refractivity contribution in [2.75, 3.05) is 23.4 Å². The highest BCUT2D eigenvalue weighted by molar-refractivity contribution is 7.99. The van der Waals surface area contributed by atoms with E-state index in [2.05, 4.69) is 19.2 Å². The minimum absolute atomic E-state index is 0.0935. The molecule has 1 amide bonds. The van der Waals surface area contributed by atoms with Crippen LogP contribution in [0.5, 0.6) is 5.75 Å². The molecule has 0 bridgehead atoms. The maximum Gasteiger partial charge on any atom is 0.341 e. The van der Waals surface area contributed by atoms with Crippen molar-refractivity contribution in [2.45, 2.75) is 20.3 Å². The Morgan fingerprint density at radius 2 is 2.14 bits per heavy atom. The summed E-state index contributed by atoms with van der Waals surface area (Å²) in [5, 5.41) is 11.6. The van der Waals surface area contributed by atoms with E-state index >= 15 is 0 Å². The Bertz CT molecular complexity index is 522. The highest BCUT2D eigenvalue weighted by Crippen LogP contribution is 2.27. The summed E-state index contributed by atoms with van der Waals surface area (Å²) in [6.07, 6.45) is 1.08. The second-order valence-electron chi connectivity index (χ2n) is 5.11. The number of amides is 1. The van der Waals surface area contributed by atoms with Crippen LogP contribution in [0.25, 0.3) is 0 Å². The van der Waals surface area contributed by atoms with Gasteiger partial charge in [-0.25, -0.2) is 4.79 Å². The van der Waals surface area contributed by atoms with Gasteiger partial charge in [0, 0.05) is 5.69 Å². The van der Waals surface area contributed by atoms with Gasteiger partial charge < -0.3 is 15.2 Å². The van der Waals surface area contributed by atoms with Crippen LogP contribution in [0.4, 0.5) is 5.69 Å². The first-order valence-electron chi connectivity index (χ1n) is 6.90. The molecule has 0 heterocycles. The number of carbonyl (C=O) groups is 2. The number of aliphatic carboxylic acids is 1. The molecule has 22 heavy (non-hydrogen) atoms. The molecule has 5 nitrogen and oxygen atoms in total. The summed E-state index contributed by atoms with van der Waals surface area (Å²) in [7, 11) is 0. The maximum atomic E-state index is 11.8. The Labute approximate surface area is 139 Å². The van der Waals surface area contributed by atoms with E-state index in [0.29, 0.717) is 17.4 Å². The predicted molar refractivity (Wildman–Crippen MR) is 90.0 cm³/mol. The van der Waals surface area contributed by atoms with Crippen LogP contribution in [0.1, 0.15) is 20.3 Å². The molecule has 2 N–H and O–H groups in total. The molecular weight excluding hydrogens is 326 g/mol. The van der Waals surface area contributed by atoms with Gasteiger partial charge >= 0.3 is 5.97 Å². The number of hydrogen-bond donors (Lipinski definition) is 2. The lowest BCUT2D eigenvalue weighted by Gasteiger charge is -2.09. The largest absolute Gasteiger partial charge is 0.480 e. The summed E-state index contributed by atoms with van der Waals surface area (Å²) < 4.78 is 5.01. The lowest BCUT2D eigenvalue weighted by atomic mass is 10.2. The third kappa shape index (κ3) is 7.56. The molecule has 0 aliphatic heterocycles. The van der Waals surface area contributed by atoms with Crippen LogP contribution in [0.3, 0.4) is 0 Å².